The smallest absolute Gasteiger partial charge is 0.250 e. The van der Waals surface area contributed by atoms with E-state index in [-0.39, 0.29) is 34.9 Å². The zero-order valence-corrected chi connectivity index (χ0v) is 34.4. The molecule has 2 aromatic heterocycles. The van der Waals surface area contributed by atoms with E-state index in [2.05, 4.69) is 29.9 Å². The minimum Gasteiger partial charge on any atom is -0.497 e. The molecule has 9 nitrogen and oxygen atoms in total. The Hall–Kier alpha value is -1.18. The van der Waals surface area contributed by atoms with Crippen LogP contribution in [0, 0.1) is 0 Å². The van der Waals surface area contributed by atoms with Crippen LogP contribution in [0.15, 0.2) is 42.5 Å². The van der Waals surface area contributed by atoms with Crippen LogP contribution in [-0.2, 0) is 15.2 Å². The molecule has 0 amide bonds. The van der Waals surface area contributed by atoms with Crippen LogP contribution in [0.4, 0.5) is 0 Å². The lowest BCUT2D eigenvalue weighted by atomic mass is 10.2. The van der Waals surface area contributed by atoms with Crippen molar-refractivity contribution in [1.82, 2.24) is 29.9 Å². The van der Waals surface area contributed by atoms with Crippen LogP contribution in [0.2, 0.25) is 0 Å². The predicted octanol–water partition coefficient (Wildman–Crippen LogP) is 11.4. The molecule has 50 heavy (non-hydrogen) atoms. The van der Waals surface area contributed by atoms with Gasteiger partial charge in [0.05, 0.1) is 21.3 Å². The number of nitrogens with zero attached hydrogens (tertiary/aromatic N) is 6. The molecule has 0 atom stereocenters. The standard InChI is InChI=1S/C15H11Cl6N3O2.C14H9Cl6N3O/c1-25-9-5-3-8(7-10(9)26-2)4-6-11-22-12(14(16,17)18)24-13(23-11)15(19,20)21;1-24-9-5-2-8(3-6-9)4-7-10-21-11(13(15,16)17)23-12(22-10)14(18,19)20/h3-7H,1-2H3;2-7H,1H3. The first-order chi connectivity index (χ1) is 23.1. The largest absolute Gasteiger partial charge is 0.497 e. The highest BCUT2D eigenvalue weighted by atomic mass is 35.6. The van der Waals surface area contributed by atoms with Crippen LogP contribution in [0.3, 0.4) is 0 Å². The van der Waals surface area contributed by atoms with E-state index in [1.165, 1.54) is 7.11 Å². The van der Waals surface area contributed by atoms with Crippen molar-refractivity contribution in [3.8, 4) is 17.2 Å². The molecule has 4 aromatic rings. The first-order valence-electron chi connectivity index (χ1n) is 13.2. The van der Waals surface area contributed by atoms with E-state index in [4.69, 9.17) is 153 Å². The molecule has 0 spiro atoms. The van der Waals surface area contributed by atoms with Gasteiger partial charge in [-0.15, -0.1) is 0 Å². The van der Waals surface area contributed by atoms with Crippen LogP contribution >= 0.6 is 139 Å². The number of hydrogen-bond donors (Lipinski definition) is 0. The van der Waals surface area contributed by atoms with Gasteiger partial charge in [-0.3, -0.25) is 0 Å². The molecule has 2 aromatic carbocycles. The lowest BCUT2D eigenvalue weighted by molar-refractivity contribution is 0.355. The molecule has 0 fully saturated rings. The summed E-state index contributed by atoms with van der Waals surface area (Å²) in [5, 5.41) is 0. The van der Waals surface area contributed by atoms with Crippen molar-refractivity contribution in [3.63, 3.8) is 0 Å². The van der Waals surface area contributed by atoms with Gasteiger partial charge in [-0.25, -0.2) is 29.9 Å². The molecule has 21 heteroatoms. The second-order valence-electron chi connectivity index (χ2n) is 9.23. The van der Waals surface area contributed by atoms with Crippen LogP contribution in [0.5, 0.6) is 17.2 Å². The Morgan fingerprint density at radius 2 is 0.780 bits per heavy atom. The third kappa shape index (κ3) is 13.3. The molecule has 0 radical (unpaired) electrons. The number of benzene rings is 2. The number of rotatable bonds is 7. The molecular weight excluding hydrogens is 906 g/mol. The van der Waals surface area contributed by atoms with Crippen LogP contribution in [-0.4, -0.2) is 51.2 Å². The van der Waals surface area contributed by atoms with Gasteiger partial charge in [0.15, 0.2) is 46.4 Å². The van der Waals surface area contributed by atoms with Gasteiger partial charge in [0, 0.05) is 0 Å². The zero-order valence-electron chi connectivity index (χ0n) is 25.3. The Morgan fingerprint density at radius 1 is 0.420 bits per heavy atom. The number of methoxy groups -OCH3 is 3. The Bertz CT molecular complexity index is 1760. The van der Waals surface area contributed by atoms with Gasteiger partial charge >= 0.3 is 0 Å². The average Bonchev–Trinajstić information content (AvgIpc) is 3.05. The number of ether oxygens (including phenoxy) is 3. The highest BCUT2D eigenvalue weighted by molar-refractivity contribution is 6.68. The Morgan fingerprint density at radius 3 is 1.12 bits per heavy atom. The monoisotopic (exact) mass is 920 g/mol. The summed E-state index contributed by atoms with van der Waals surface area (Å²) in [6, 6.07) is 12.7. The van der Waals surface area contributed by atoms with Gasteiger partial charge in [0.25, 0.3) is 0 Å². The molecule has 2 heterocycles. The molecule has 0 saturated carbocycles. The molecule has 0 aliphatic carbocycles. The lowest BCUT2D eigenvalue weighted by Crippen LogP contribution is -2.16. The predicted molar refractivity (Wildman–Crippen MR) is 207 cm³/mol. The quantitative estimate of drug-likeness (QED) is 0.168. The number of alkyl halides is 12. The maximum Gasteiger partial charge on any atom is 0.250 e. The molecule has 268 valence electrons. The Balaban J connectivity index is 0.000000271. The summed E-state index contributed by atoms with van der Waals surface area (Å²) in [5.74, 6) is 1.63. The van der Waals surface area contributed by atoms with Crippen molar-refractivity contribution in [3.05, 3.63) is 88.5 Å². The third-order valence-corrected chi connectivity index (χ3v) is 7.72. The van der Waals surface area contributed by atoms with Crippen molar-refractivity contribution in [2.45, 2.75) is 15.2 Å². The summed E-state index contributed by atoms with van der Waals surface area (Å²) in [6.07, 6.45) is 6.60. The minimum atomic E-state index is -1.90. The van der Waals surface area contributed by atoms with Crippen molar-refractivity contribution >= 4 is 164 Å². The van der Waals surface area contributed by atoms with E-state index < -0.39 is 15.2 Å². The van der Waals surface area contributed by atoms with Gasteiger partial charge in [0.1, 0.15) is 5.75 Å². The van der Waals surface area contributed by atoms with Crippen LogP contribution in [0.1, 0.15) is 46.1 Å². The van der Waals surface area contributed by atoms with Crippen molar-refractivity contribution < 1.29 is 14.2 Å². The zero-order chi connectivity index (χ0) is 37.5. The molecule has 0 bridgehead atoms. The highest BCUT2D eigenvalue weighted by Gasteiger charge is 2.34. The summed E-state index contributed by atoms with van der Waals surface area (Å²) in [7, 11) is 4.68. The normalized spacial score (nSPS) is 12.5. The topological polar surface area (TPSA) is 105 Å². The number of aromatic nitrogens is 6. The molecule has 0 unspecified atom stereocenters. The molecule has 0 aliphatic heterocycles. The summed E-state index contributed by atoms with van der Waals surface area (Å²) >= 11 is 69.9. The molecule has 0 saturated heterocycles. The summed E-state index contributed by atoms with van der Waals surface area (Å²) in [6.45, 7) is 0. The molecule has 0 N–H and O–H groups in total. The van der Waals surface area contributed by atoms with Gasteiger partial charge in [-0.2, -0.15) is 0 Å². The second-order valence-corrected chi connectivity index (χ2v) is 18.4. The van der Waals surface area contributed by atoms with Crippen LogP contribution < -0.4 is 14.2 Å². The van der Waals surface area contributed by atoms with E-state index >= 15 is 0 Å². The first-order valence-corrected chi connectivity index (χ1v) is 17.7. The van der Waals surface area contributed by atoms with E-state index in [1.54, 1.807) is 50.7 Å². The Labute approximate surface area is 347 Å². The van der Waals surface area contributed by atoms with Gasteiger partial charge in [-0.1, -0.05) is 170 Å². The van der Waals surface area contributed by atoms with Crippen LogP contribution in [0.25, 0.3) is 24.3 Å². The van der Waals surface area contributed by atoms with Gasteiger partial charge < -0.3 is 14.2 Å². The summed E-state index contributed by atoms with van der Waals surface area (Å²) in [4.78, 5) is 24.1. The van der Waals surface area contributed by atoms with Gasteiger partial charge in [0.2, 0.25) is 15.2 Å². The fraction of sp³-hybridized carbons (Fsp3) is 0.241. The average molecular weight is 926 g/mol. The van der Waals surface area contributed by atoms with Crippen molar-refractivity contribution in [1.29, 1.82) is 0 Å². The molecule has 0 aliphatic rings. The van der Waals surface area contributed by atoms with E-state index in [1.807, 2.05) is 30.3 Å². The Kier molecular flexibility index (Phi) is 15.8. The summed E-state index contributed by atoms with van der Waals surface area (Å²) < 4.78 is 7.97. The highest BCUT2D eigenvalue weighted by Crippen LogP contribution is 2.41. The second kappa shape index (κ2) is 18.2. The number of halogens is 12. The minimum absolute atomic E-state index is 0.141. The fourth-order valence-electron chi connectivity index (χ4n) is 3.45. The maximum atomic E-state index is 5.84. The van der Waals surface area contributed by atoms with Gasteiger partial charge in [-0.05, 0) is 47.5 Å². The van der Waals surface area contributed by atoms with E-state index in [0.29, 0.717) is 11.5 Å². The van der Waals surface area contributed by atoms with E-state index in [9.17, 15) is 0 Å². The van der Waals surface area contributed by atoms with Crippen molar-refractivity contribution in [2.75, 3.05) is 21.3 Å². The molecule has 4 rings (SSSR count). The van der Waals surface area contributed by atoms with E-state index in [0.717, 1.165) is 16.9 Å². The first kappa shape index (κ1) is 43.2. The van der Waals surface area contributed by atoms with Crippen molar-refractivity contribution in [2.24, 2.45) is 0 Å². The SMILES string of the molecule is COc1ccc(C=Cc2nc(C(Cl)(Cl)Cl)nc(C(Cl)(Cl)Cl)n2)cc1.COc1ccc(C=Cc2nc(C(Cl)(Cl)Cl)nc(C(Cl)(Cl)Cl)n2)cc1OC. The summed E-state index contributed by atoms with van der Waals surface area (Å²) in [5.41, 5.74) is 1.66. The fourth-order valence-corrected chi connectivity index (χ4v) is 4.47. The third-order valence-electron chi connectivity index (χ3n) is 5.69. The maximum absolute atomic E-state index is 5.84. The lowest BCUT2D eigenvalue weighted by Gasteiger charge is -2.14. The number of hydrogen-bond acceptors (Lipinski definition) is 9. The molecular formula is C29H20Cl12N6O3.